The zero-order chi connectivity index (χ0) is 7.68. The van der Waals surface area contributed by atoms with Gasteiger partial charge in [-0.2, -0.15) is 0 Å². The van der Waals surface area contributed by atoms with Crippen LogP contribution in [0.1, 0.15) is 0 Å². The number of aromatic nitrogens is 2. The smallest absolute Gasteiger partial charge is 0.150 e. The molecule has 4 heteroatoms. The Balaban J connectivity index is 2.76. The van der Waals surface area contributed by atoms with Gasteiger partial charge in [-0.3, -0.25) is 3.97 Å². The van der Waals surface area contributed by atoms with Gasteiger partial charge >= 0.3 is 0 Å². The second-order valence-corrected chi connectivity index (χ2v) is 3.84. The molecule has 0 unspecified atom stereocenters. The number of hydrogen-bond acceptors (Lipinski definition) is 2. The molecule has 0 aliphatic carbocycles. The number of hydrogen-bond donors (Lipinski definition) is 0. The molecule has 0 bridgehead atoms. The Kier molecular flexibility index (Phi) is 2.04. The average molecular weight is 276 g/mol. The largest absolute Gasteiger partial charge is 0.266 e. The van der Waals surface area contributed by atoms with E-state index in [4.69, 9.17) is 0 Å². The molecule has 11 heavy (non-hydrogen) atoms. The molecule has 0 radical (unpaired) electrons. The van der Waals surface area contributed by atoms with Crippen LogP contribution < -0.4 is 0 Å². The maximum atomic E-state index is 4.25. The van der Waals surface area contributed by atoms with E-state index in [1.807, 2.05) is 22.4 Å². The fraction of sp³-hybridized carbons (Fsp3) is 0. The quantitative estimate of drug-likeness (QED) is 0.745. The third-order valence-corrected chi connectivity index (χ3v) is 3.21. The average Bonchev–Trinajstić information content (AvgIpc) is 2.47. The van der Waals surface area contributed by atoms with Crippen molar-refractivity contribution >= 4 is 41.4 Å². The lowest BCUT2D eigenvalue weighted by Gasteiger charge is -1.94. The van der Waals surface area contributed by atoms with Crippen molar-refractivity contribution in [2.45, 2.75) is 0 Å². The van der Waals surface area contributed by atoms with E-state index in [2.05, 4.69) is 38.3 Å². The van der Waals surface area contributed by atoms with Gasteiger partial charge < -0.3 is 0 Å². The Morgan fingerprint density at radius 3 is 3.18 bits per heavy atom. The lowest BCUT2D eigenvalue weighted by Crippen LogP contribution is -1.81. The van der Waals surface area contributed by atoms with Crippen LogP contribution in [0, 0.1) is 0 Å². The number of halogens is 1. The Morgan fingerprint density at radius 2 is 2.36 bits per heavy atom. The molecule has 2 rings (SSSR count). The molecule has 0 aromatic carbocycles. The van der Waals surface area contributed by atoms with E-state index in [9.17, 15) is 0 Å². The second kappa shape index (κ2) is 3.02. The molecule has 0 aliphatic heterocycles. The molecular formula is C7H5IN2S. The Labute approximate surface area is 80.7 Å². The van der Waals surface area contributed by atoms with Crippen molar-refractivity contribution in [3.63, 3.8) is 0 Å². The molecule has 0 atom stereocenters. The van der Waals surface area contributed by atoms with Crippen molar-refractivity contribution in [1.29, 1.82) is 0 Å². The highest BCUT2D eigenvalue weighted by Crippen LogP contribution is 2.22. The molecule has 0 saturated carbocycles. The highest BCUT2D eigenvalue weighted by molar-refractivity contribution is 14.2. The van der Waals surface area contributed by atoms with Crippen molar-refractivity contribution in [2.75, 3.05) is 0 Å². The fourth-order valence-corrected chi connectivity index (χ4v) is 2.28. The van der Waals surface area contributed by atoms with Crippen molar-refractivity contribution in [2.24, 2.45) is 0 Å². The number of nitrogens with zero attached hydrogens (tertiary/aromatic N) is 2. The topological polar surface area (TPSA) is 17.8 Å². The molecule has 0 saturated heterocycles. The number of rotatable bonds is 1. The molecular weight excluding hydrogens is 271 g/mol. The number of fused-ring (bicyclic) bond motifs is 1. The van der Waals surface area contributed by atoms with Gasteiger partial charge in [0.05, 0.1) is 0 Å². The standard InChI is InChI=1S/C7H5IN2S/c8-11-10-5-3-6-2-1-4-9-7(6)10/h1-5H. The SMILES string of the molecule is ISn1ccc2cccnc21. The highest BCUT2D eigenvalue weighted by atomic mass is 127. The van der Waals surface area contributed by atoms with Crippen LogP contribution in [0.15, 0.2) is 30.6 Å². The third-order valence-electron chi connectivity index (χ3n) is 1.49. The Hall–Kier alpha value is -0.230. The van der Waals surface area contributed by atoms with Crippen LogP contribution >= 0.6 is 30.3 Å². The minimum absolute atomic E-state index is 1.03. The summed E-state index contributed by atoms with van der Waals surface area (Å²) in [6.45, 7) is 0. The molecule has 0 spiro atoms. The van der Waals surface area contributed by atoms with Crippen molar-refractivity contribution < 1.29 is 0 Å². The first-order valence-corrected chi connectivity index (χ1v) is 6.44. The monoisotopic (exact) mass is 276 g/mol. The lowest BCUT2D eigenvalue weighted by molar-refractivity contribution is 1.27. The van der Waals surface area contributed by atoms with Crippen molar-refractivity contribution in [3.05, 3.63) is 30.6 Å². The summed E-state index contributed by atoms with van der Waals surface area (Å²) in [5.74, 6) is 0. The summed E-state index contributed by atoms with van der Waals surface area (Å²) in [4.78, 5) is 4.25. The van der Waals surface area contributed by atoms with Gasteiger partial charge in [0.2, 0.25) is 0 Å². The molecule has 0 fully saturated rings. The number of pyridine rings is 1. The van der Waals surface area contributed by atoms with Gasteiger partial charge in [-0.25, -0.2) is 4.98 Å². The minimum Gasteiger partial charge on any atom is -0.266 e. The van der Waals surface area contributed by atoms with Crippen LogP contribution in [0.3, 0.4) is 0 Å². The van der Waals surface area contributed by atoms with Gasteiger partial charge in [-0.05, 0) is 18.2 Å². The molecule has 2 aromatic rings. The van der Waals surface area contributed by atoms with Crippen LogP contribution in [0.2, 0.25) is 0 Å². The van der Waals surface area contributed by atoms with Crippen molar-refractivity contribution in [3.8, 4) is 0 Å². The van der Waals surface area contributed by atoms with Gasteiger partial charge in [-0.15, -0.1) is 0 Å². The lowest BCUT2D eigenvalue weighted by atomic mass is 10.3. The van der Waals surface area contributed by atoms with E-state index in [0.29, 0.717) is 0 Å². The summed E-state index contributed by atoms with van der Waals surface area (Å²) >= 11 is 2.24. The van der Waals surface area contributed by atoms with Crippen LogP contribution in [0.25, 0.3) is 11.0 Å². The zero-order valence-electron chi connectivity index (χ0n) is 5.57. The van der Waals surface area contributed by atoms with Crippen LogP contribution in [0.5, 0.6) is 0 Å². The van der Waals surface area contributed by atoms with Gasteiger partial charge in [0, 0.05) is 48.1 Å². The minimum atomic E-state index is 1.03. The summed E-state index contributed by atoms with van der Waals surface area (Å²) in [6, 6.07) is 6.07. The summed E-state index contributed by atoms with van der Waals surface area (Å²) in [5, 5.41) is 1.19. The van der Waals surface area contributed by atoms with Crippen LogP contribution in [0.4, 0.5) is 0 Å². The van der Waals surface area contributed by atoms with Gasteiger partial charge in [0.25, 0.3) is 0 Å². The first-order valence-electron chi connectivity index (χ1n) is 3.13. The van der Waals surface area contributed by atoms with E-state index in [1.165, 1.54) is 5.39 Å². The molecule has 2 aromatic heterocycles. The van der Waals surface area contributed by atoms with Gasteiger partial charge in [0.15, 0.2) is 0 Å². The maximum Gasteiger partial charge on any atom is 0.150 e. The van der Waals surface area contributed by atoms with Crippen molar-refractivity contribution in [1.82, 2.24) is 8.96 Å². The van der Waals surface area contributed by atoms with E-state index in [0.717, 1.165) is 5.65 Å². The molecule has 56 valence electrons. The first kappa shape index (κ1) is 7.42. The molecule has 0 amide bonds. The predicted molar refractivity (Wildman–Crippen MR) is 56.7 cm³/mol. The first-order chi connectivity index (χ1) is 5.42. The Morgan fingerprint density at radius 1 is 1.45 bits per heavy atom. The zero-order valence-corrected chi connectivity index (χ0v) is 8.54. The summed E-state index contributed by atoms with van der Waals surface area (Å²) in [6.07, 6.45) is 3.83. The Bertz CT molecular complexity index is 371. The fourth-order valence-electron chi connectivity index (χ4n) is 0.998. The second-order valence-electron chi connectivity index (χ2n) is 2.13. The third kappa shape index (κ3) is 1.24. The normalized spacial score (nSPS) is 10.6. The molecule has 2 heterocycles. The predicted octanol–water partition coefficient (Wildman–Crippen LogP) is 2.88. The van der Waals surface area contributed by atoms with Crippen LogP contribution in [-0.4, -0.2) is 8.96 Å². The van der Waals surface area contributed by atoms with E-state index < -0.39 is 0 Å². The maximum absolute atomic E-state index is 4.25. The van der Waals surface area contributed by atoms with E-state index >= 15 is 0 Å². The summed E-state index contributed by atoms with van der Waals surface area (Å²) in [7, 11) is 1.63. The van der Waals surface area contributed by atoms with E-state index in [1.54, 1.807) is 9.12 Å². The molecule has 2 nitrogen and oxygen atoms in total. The van der Waals surface area contributed by atoms with E-state index in [-0.39, 0.29) is 0 Å². The summed E-state index contributed by atoms with van der Waals surface area (Å²) < 4.78 is 2.04. The highest BCUT2D eigenvalue weighted by Gasteiger charge is 1.98. The van der Waals surface area contributed by atoms with Crippen LogP contribution in [-0.2, 0) is 0 Å². The molecule has 0 N–H and O–H groups in total. The molecule has 0 aliphatic rings. The van der Waals surface area contributed by atoms with Gasteiger partial charge in [-0.1, -0.05) is 0 Å². The van der Waals surface area contributed by atoms with Gasteiger partial charge in [0.1, 0.15) is 5.65 Å². The summed E-state index contributed by atoms with van der Waals surface area (Å²) in [5.41, 5.74) is 1.03.